The molecule has 1 N–H and O–H groups in total. The van der Waals surface area contributed by atoms with Crippen LogP contribution in [-0.4, -0.2) is 40.7 Å². The van der Waals surface area contributed by atoms with Gasteiger partial charge in [-0.2, -0.15) is 0 Å². The van der Waals surface area contributed by atoms with Gasteiger partial charge in [0.15, 0.2) is 6.10 Å². The van der Waals surface area contributed by atoms with E-state index >= 15 is 0 Å². The predicted molar refractivity (Wildman–Crippen MR) is 103 cm³/mol. The van der Waals surface area contributed by atoms with Crippen molar-refractivity contribution in [1.82, 2.24) is 10.2 Å². The lowest BCUT2D eigenvalue weighted by Crippen LogP contribution is -2.37. The van der Waals surface area contributed by atoms with Crippen LogP contribution < -0.4 is 5.32 Å². The minimum atomic E-state index is -0.941. The fourth-order valence-electron chi connectivity index (χ4n) is 3.16. The van der Waals surface area contributed by atoms with Gasteiger partial charge >= 0.3 is 5.97 Å². The van der Waals surface area contributed by atoms with Crippen LogP contribution in [0.2, 0.25) is 0 Å². The number of nitrogens with one attached hydrogen (secondary N) is 1. The number of ether oxygens (including phenoxy) is 1. The summed E-state index contributed by atoms with van der Waals surface area (Å²) in [7, 11) is 0. The third-order valence-electron chi connectivity index (χ3n) is 4.97. The third-order valence-corrected chi connectivity index (χ3v) is 4.97. The smallest absolute Gasteiger partial charge is 0.338 e. The summed E-state index contributed by atoms with van der Waals surface area (Å²) < 4.78 is 5.21. The standard InChI is InChI=1S/C22H20N2O5/c1-13(19(25)23-16-8-9-16)29-22(28)15-7-10-17-18(11-15)21(27)24(20(17)26)12-14-5-3-2-4-6-14/h2-7,10-11,13,16H,8-9,12H2,1H3,(H,23,25). The molecule has 7 nitrogen and oxygen atoms in total. The SMILES string of the molecule is CC(OC(=O)c1ccc2c(c1)C(=O)N(Cc1ccccc1)C2=O)C(=O)NC1CC1. The highest BCUT2D eigenvalue weighted by Gasteiger charge is 2.36. The molecule has 1 aliphatic heterocycles. The molecule has 1 saturated carbocycles. The summed E-state index contributed by atoms with van der Waals surface area (Å²) in [5, 5.41) is 2.77. The fraction of sp³-hybridized carbons (Fsp3) is 0.273. The van der Waals surface area contributed by atoms with E-state index in [-0.39, 0.29) is 35.2 Å². The Kier molecular flexibility index (Phi) is 4.88. The van der Waals surface area contributed by atoms with Crippen LogP contribution in [0.3, 0.4) is 0 Å². The van der Waals surface area contributed by atoms with E-state index in [1.54, 1.807) is 0 Å². The number of benzene rings is 2. The minimum Gasteiger partial charge on any atom is -0.449 e. The largest absolute Gasteiger partial charge is 0.449 e. The second-order valence-electron chi connectivity index (χ2n) is 7.27. The molecule has 2 aromatic carbocycles. The van der Waals surface area contributed by atoms with Gasteiger partial charge in [-0.1, -0.05) is 30.3 Å². The van der Waals surface area contributed by atoms with Crippen LogP contribution >= 0.6 is 0 Å². The first-order valence-electron chi connectivity index (χ1n) is 9.49. The van der Waals surface area contributed by atoms with E-state index in [9.17, 15) is 19.2 Å². The molecule has 1 fully saturated rings. The van der Waals surface area contributed by atoms with Gasteiger partial charge in [0.05, 0.1) is 23.2 Å². The highest BCUT2D eigenvalue weighted by molar-refractivity contribution is 6.21. The molecule has 2 aliphatic rings. The molecule has 1 unspecified atom stereocenters. The highest BCUT2D eigenvalue weighted by Crippen LogP contribution is 2.26. The maximum atomic E-state index is 12.7. The lowest BCUT2D eigenvalue weighted by molar-refractivity contribution is -0.129. The molecule has 1 aliphatic carbocycles. The lowest BCUT2D eigenvalue weighted by Gasteiger charge is -2.13. The molecule has 1 heterocycles. The molecule has 29 heavy (non-hydrogen) atoms. The van der Waals surface area contributed by atoms with Crippen LogP contribution in [0.25, 0.3) is 0 Å². The van der Waals surface area contributed by atoms with Gasteiger partial charge < -0.3 is 10.1 Å². The van der Waals surface area contributed by atoms with Gasteiger partial charge in [0.2, 0.25) is 0 Å². The Bertz CT molecular complexity index is 998. The number of esters is 1. The Balaban J connectivity index is 1.48. The molecule has 148 valence electrons. The number of amides is 3. The number of imide groups is 1. The average molecular weight is 392 g/mol. The zero-order valence-corrected chi connectivity index (χ0v) is 15.9. The van der Waals surface area contributed by atoms with Crippen LogP contribution in [0, 0.1) is 0 Å². The molecule has 0 saturated heterocycles. The Morgan fingerprint density at radius 1 is 1.07 bits per heavy atom. The van der Waals surface area contributed by atoms with Crippen LogP contribution in [0.1, 0.15) is 56.4 Å². The molecular formula is C22H20N2O5. The van der Waals surface area contributed by atoms with E-state index in [0.717, 1.165) is 23.3 Å². The third kappa shape index (κ3) is 3.89. The van der Waals surface area contributed by atoms with E-state index in [1.165, 1.54) is 25.1 Å². The van der Waals surface area contributed by atoms with Crippen molar-refractivity contribution in [1.29, 1.82) is 0 Å². The Morgan fingerprint density at radius 3 is 2.45 bits per heavy atom. The monoisotopic (exact) mass is 392 g/mol. The van der Waals surface area contributed by atoms with Gasteiger partial charge in [0, 0.05) is 6.04 Å². The number of hydrogen-bond acceptors (Lipinski definition) is 5. The number of carbonyl (C=O) groups is 4. The maximum Gasteiger partial charge on any atom is 0.338 e. The van der Waals surface area contributed by atoms with Gasteiger partial charge in [-0.05, 0) is 43.5 Å². The van der Waals surface area contributed by atoms with Crippen molar-refractivity contribution in [3.05, 3.63) is 70.8 Å². The van der Waals surface area contributed by atoms with Crippen molar-refractivity contribution in [3.63, 3.8) is 0 Å². The van der Waals surface area contributed by atoms with Crippen molar-refractivity contribution < 1.29 is 23.9 Å². The molecule has 0 radical (unpaired) electrons. The normalized spacial score (nSPS) is 16.4. The van der Waals surface area contributed by atoms with Gasteiger partial charge in [0.1, 0.15) is 0 Å². The van der Waals surface area contributed by atoms with Crippen molar-refractivity contribution >= 4 is 23.7 Å². The number of rotatable bonds is 6. The summed E-state index contributed by atoms with van der Waals surface area (Å²) in [6.45, 7) is 1.66. The molecule has 0 aromatic heterocycles. The zero-order valence-electron chi connectivity index (χ0n) is 15.9. The second-order valence-corrected chi connectivity index (χ2v) is 7.27. The Hall–Kier alpha value is -3.48. The van der Waals surface area contributed by atoms with Gasteiger partial charge in [-0.15, -0.1) is 0 Å². The van der Waals surface area contributed by atoms with Crippen molar-refractivity contribution in [2.24, 2.45) is 0 Å². The van der Waals surface area contributed by atoms with E-state index < -0.39 is 23.9 Å². The Morgan fingerprint density at radius 2 is 1.76 bits per heavy atom. The average Bonchev–Trinajstić information content (AvgIpc) is 3.51. The summed E-state index contributed by atoms with van der Waals surface area (Å²) >= 11 is 0. The molecule has 7 heteroatoms. The number of carbonyl (C=O) groups excluding carboxylic acids is 4. The fourth-order valence-corrected chi connectivity index (χ4v) is 3.16. The van der Waals surface area contributed by atoms with Crippen molar-refractivity contribution in [3.8, 4) is 0 Å². The molecular weight excluding hydrogens is 372 g/mol. The number of nitrogens with zero attached hydrogens (tertiary/aromatic N) is 1. The van der Waals surface area contributed by atoms with Crippen molar-refractivity contribution in [2.75, 3.05) is 0 Å². The first-order valence-corrected chi connectivity index (χ1v) is 9.49. The topological polar surface area (TPSA) is 92.8 Å². The summed E-state index contributed by atoms with van der Waals surface area (Å²) in [6, 6.07) is 13.6. The highest BCUT2D eigenvalue weighted by atomic mass is 16.5. The molecule has 0 bridgehead atoms. The molecule has 0 spiro atoms. The summed E-state index contributed by atoms with van der Waals surface area (Å²) in [5.74, 6) is -1.91. The predicted octanol–water partition coefficient (Wildman–Crippen LogP) is 2.31. The zero-order chi connectivity index (χ0) is 20.5. The van der Waals surface area contributed by atoms with Crippen LogP contribution in [0.5, 0.6) is 0 Å². The van der Waals surface area contributed by atoms with Gasteiger partial charge in [-0.3, -0.25) is 19.3 Å². The van der Waals surface area contributed by atoms with E-state index in [4.69, 9.17) is 4.74 Å². The molecule has 3 amide bonds. The van der Waals surface area contributed by atoms with E-state index in [2.05, 4.69) is 5.32 Å². The second kappa shape index (κ2) is 7.50. The summed E-state index contributed by atoms with van der Waals surface area (Å²) in [4.78, 5) is 50.9. The van der Waals surface area contributed by atoms with Gasteiger partial charge in [0.25, 0.3) is 17.7 Å². The number of hydrogen-bond donors (Lipinski definition) is 1. The van der Waals surface area contributed by atoms with Crippen molar-refractivity contribution in [2.45, 2.75) is 38.5 Å². The van der Waals surface area contributed by atoms with Gasteiger partial charge in [-0.25, -0.2) is 4.79 Å². The Labute approximate surface area is 167 Å². The molecule has 1 atom stereocenters. The lowest BCUT2D eigenvalue weighted by atomic mass is 10.1. The first kappa shape index (κ1) is 18.9. The minimum absolute atomic E-state index is 0.123. The van der Waals surface area contributed by atoms with Crippen LogP contribution in [0.15, 0.2) is 48.5 Å². The quantitative estimate of drug-likeness (QED) is 0.602. The maximum absolute atomic E-state index is 12.7. The molecule has 4 rings (SSSR count). The summed E-state index contributed by atoms with van der Waals surface area (Å²) in [5.41, 5.74) is 1.37. The molecule has 2 aromatic rings. The van der Waals surface area contributed by atoms with Crippen LogP contribution in [-0.2, 0) is 16.1 Å². The van der Waals surface area contributed by atoms with E-state index in [1.807, 2.05) is 30.3 Å². The number of fused-ring (bicyclic) bond motifs is 1. The first-order chi connectivity index (χ1) is 13.9. The van der Waals surface area contributed by atoms with E-state index in [0.29, 0.717) is 0 Å². The van der Waals surface area contributed by atoms with Crippen LogP contribution in [0.4, 0.5) is 0 Å². The summed E-state index contributed by atoms with van der Waals surface area (Å²) in [6.07, 6.45) is 0.933.